The van der Waals surface area contributed by atoms with Crippen LogP contribution in [0.1, 0.15) is 4.88 Å². The number of nitrogen functional groups attached to an aromatic ring is 1. The lowest BCUT2D eigenvalue weighted by Gasteiger charge is -2.35. The van der Waals surface area contributed by atoms with Crippen molar-refractivity contribution < 1.29 is 14.3 Å². The van der Waals surface area contributed by atoms with E-state index in [1.165, 1.54) is 11.3 Å². The number of methoxy groups -OCH3 is 1. The highest BCUT2D eigenvalue weighted by atomic mass is 32.1. The summed E-state index contributed by atoms with van der Waals surface area (Å²) in [4.78, 5) is 30.9. The van der Waals surface area contributed by atoms with E-state index in [1.807, 2.05) is 29.6 Å². The van der Waals surface area contributed by atoms with Crippen molar-refractivity contribution in [3.05, 3.63) is 34.5 Å². The Bertz CT molecular complexity index is 1170. The number of nitrogens with two attached hydrogens (primary N) is 1. The van der Waals surface area contributed by atoms with Gasteiger partial charge < -0.3 is 30.3 Å². The van der Waals surface area contributed by atoms with Crippen LogP contribution in [0.2, 0.25) is 0 Å². The Balaban J connectivity index is 1.31. The van der Waals surface area contributed by atoms with Crippen molar-refractivity contribution in [2.45, 2.75) is 0 Å². The number of hydrogen-bond acceptors (Lipinski definition) is 9. The molecule has 166 valence electrons. The van der Waals surface area contributed by atoms with E-state index in [0.717, 1.165) is 33.0 Å². The predicted octanol–water partition coefficient (Wildman–Crippen LogP) is 2.41. The average molecular weight is 454 g/mol. The molecule has 10 nitrogen and oxygen atoms in total. The van der Waals surface area contributed by atoms with E-state index in [-0.39, 0.29) is 12.0 Å². The van der Waals surface area contributed by atoms with Crippen LogP contribution in [0, 0.1) is 0 Å². The Morgan fingerprint density at radius 2 is 1.97 bits per heavy atom. The third-order valence-electron chi connectivity index (χ3n) is 5.44. The first-order valence-electron chi connectivity index (χ1n) is 10.3. The largest absolute Gasteiger partial charge is 0.497 e. The van der Waals surface area contributed by atoms with Crippen LogP contribution in [-0.4, -0.2) is 73.2 Å². The monoisotopic (exact) mass is 453 g/mol. The molecule has 2 aliphatic rings. The Morgan fingerprint density at radius 3 is 2.66 bits per heavy atom. The average Bonchev–Trinajstić information content (AvgIpc) is 3.49. The molecular formula is C21H23N7O3S. The van der Waals surface area contributed by atoms with Crippen LogP contribution in [-0.2, 0) is 4.74 Å². The number of urea groups is 1. The fourth-order valence-corrected chi connectivity index (χ4v) is 4.76. The molecule has 2 aromatic heterocycles. The molecule has 0 aliphatic carbocycles. The van der Waals surface area contributed by atoms with Crippen LogP contribution < -0.4 is 20.7 Å². The Hall–Kier alpha value is -3.60. The first-order chi connectivity index (χ1) is 15.6. The molecule has 1 saturated heterocycles. The first-order valence-corrected chi connectivity index (χ1v) is 11.2. The molecule has 1 fully saturated rings. The van der Waals surface area contributed by atoms with Gasteiger partial charge in [0.1, 0.15) is 23.1 Å². The number of nitrogens with zero attached hydrogens (tertiary/aromatic N) is 5. The minimum Gasteiger partial charge on any atom is -0.497 e. The fraction of sp³-hybridized carbons (Fsp3) is 0.333. The van der Waals surface area contributed by atoms with Gasteiger partial charge in [-0.3, -0.25) is 0 Å². The number of carbonyl (C=O) groups is 1. The highest BCUT2D eigenvalue weighted by Crippen LogP contribution is 2.34. The van der Waals surface area contributed by atoms with Crippen molar-refractivity contribution in [2.75, 3.05) is 62.4 Å². The summed E-state index contributed by atoms with van der Waals surface area (Å²) in [6.07, 6.45) is 0. The molecule has 2 aliphatic heterocycles. The second kappa shape index (κ2) is 8.50. The zero-order valence-electron chi connectivity index (χ0n) is 17.6. The smallest absolute Gasteiger partial charge is 0.321 e. The third-order valence-corrected chi connectivity index (χ3v) is 6.39. The minimum absolute atomic E-state index is 0.132. The van der Waals surface area contributed by atoms with Crippen LogP contribution in [0.5, 0.6) is 5.75 Å². The van der Waals surface area contributed by atoms with E-state index in [0.29, 0.717) is 45.2 Å². The second-order valence-corrected chi connectivity index (χ2v) is 8.28. The summed E-state index contributed by atoms with van der Waals surface area (Å²) in [5, 5.41) is 5.79. The normalized spacial score (nSPS) is 16.1. The number of ether oxygens (including phenoxy) is 2. The van der Waals surface area contributed by atoms with Gasteiger partial charge in [-0.1, -0.05) is 0 Å². The topological polar surface area (TPSA) is 118 Å². The summed E-state index contributed by atoms with van der Waals surface area (Å²) in [5.41, 5.74) is 7.50. The maximum absolute atomic E-state index is 12.7. The van der Waals surface area contributed by atoms with Gasteiger partial charge in [0.15, 0.2) is 0 Å². The number of carbonyl (C=O) groups excluding carboxylic acids is 1. The lowest BCUT2D eigenvalue weighted by Crippen LogP contribution is -2.50. The summed E-state index contributed by atoms with van der Waals surface area (Å²) in [6, 6.07) is 7.13. The van der Waals surface area contributed by atoms with Gasteiger partial charge in [0.05, 0.1) is 24.6 Å². The summed E-state index contributed by atoms with van der Waals surface area (Å²) >= 11 is 1.53. The molecule has 0 saturated carbocycles. The van der Waals surface area contributed by atoms with Crippen molar-refractivity contribution in [3.8, 4) is 5.75 Å². The van der Waals surface area contributed by atoms with Crippen molar-refractivity contribution in [2.24, 2.45) is 4.99 Å². The van der Waals surface area contributed by atoms with E-state index in [1.54, 1.807) is 12.0 Å². The summed E-state index contributed by atoms with van der Waals surface area (Å²) in [5.74, 6) is 2.37. The molecular weight excluding hydrogens is 430 g/mol. The number of amides is 2. The van der Waals surface area contributed by atoms with Gasteiger partial charge in [0.25, 0.3) is 0 Å². The predicted molar refractivity (Wildman–Crippen MR) is 125 cm³/mol. The van der Waals surface area contributed by atoms with Crippen LogP contribution in [0.25, 0.3) is 10.9 Å². The highest BCUT2D eigenvalue weighted by molar-refractivity contribution is 7.13. The molecule has 3 N–H and O–H groups in total. The van der Waals surface area contributed by atoms with Gasteiger partial charge in [0.2, 0.25) is 11.8 Å². The minimum atomic E-state index is -0.132. The van der Waals surface area contributed by atoms with Gasteiger partial charge in [0, 0.05) is 37.2 Å². The lowest BCUT2D eigenvalue weighted by atomic mass is 10.2. The summed E-state index contributed by atoms with van der Waals surface area (Å²) in [6.45, 7) is 3.62. The summed E-state index contributed by atoms with van der Waals surface area (Å²) in [7, 11) is 1.61. The molecule has 5 rings (SSSR count). The highest BCUT2D eigenvalue weighted by Gasteiger charge is 2.27. The molecule has 1 aromatic carbocycles. The van der Waals surface area contributed by atoms with Crippen molar-refractivity contribution in [1.82, 2.24) is 14.9 Å². The molecule has 4 heterocycles. The first kappa shape index (κ1) is 20.3. The molecule has 0 spiro atoms. The number of nitrogens with one attached hydrogen (secondary N) is 1. The van der Waals surface area contributed by atoms with Crippen LogP contribution in [0.15, 0.2) is 34.6 Å². The molecule has 0 radical (unpaired) electrons. The number of benzene rings is 1. The standard InChI is InChI=1S/C21H23N7O3S/c1-30-14-4-2-13(3-5-14)24-21(29)28-9-7-27(8-10-28)18-16-15(25-20(22)26-18)12-32-17(16)19-23-6-11-31-19/h2-5,12H,6-11H2,1H3,(H2,22,25)(H,24,29). The second-order valence-electron chi connectivity index (χ2n) is 7.40. The quantitative estimate of drug-likeness (QED) is 0.623. The molecule has 3 aromatic rings. The van der Waals surface area contributed by atoms with Crippen molar-refractivity contribution >= 4 is 51.6 Å². The van der Waals surface area contributed by atoms with Crippen molar-refractivity contribution in [1.29, 1.82) is 0 Å². The molecule has 2 amide bonds. The van der Waals surface area contributed by atoms with Gasteiger partial charge in [-0.15, -0.1) is 11.3 Å². The van der Waals surface area contributed by atoms with E-state index in [9.17, 15) is 4.79 Å². The van der Waals surface area contributed by atoms with Gasteiger partial charge in [-0.25, -0.2) is 14.8 Å². The fourth-order valence-electron chi connectivity index (χ4n) is 3.82. The van der Waals surface area contributed by atoms with E-state index in [4.69, 9.17) is 15.2 Å². The number of anilines is 3. The molecule has 0 bridgehead atoms. The molecule has 32 heavy (non-hydrogen) atoms. The van der Waals surface area contributed by atoms with Crippen LogP contribution in [0.4, 0.5) is 22.2 Å². The van der Waals surface area contributed by atoms with E-state index < -0.39 is 0 Å². The van der Waals surface area contributed by atoms with Crippen LogP contribution >= 0.6 is 11.3 Å². The number of aromatic nitrogens is 2. The zero-order chi connectivity index (χ0) is 22.1. The Morgan fingerprint density at radius 1 is 1.19 bits per heavy atom. The maximum Gasteiger partial charge on any atom is 0.321 e. The van der Waals surface area contributed by atoms with Gasteiger partial charge in [-0.05, 0) is 24.3 Å². The Kier molecular flexibility index (Phi) is 5.39. The number of hydrogen-bond donors (Lipinski definition) is 2. The lowest BCUT2D eigenvalue weighted by molar-refractivity contribution is 0.208. The van der Waals surface area contributed by atoms with E-state index in [2.05, 4.69) is 25.2 Å². The van der Waals surface area contributed by atoms with Gasteiger partial charge in [-0.2, -0.15) is 4.98 Å². The SMILES string of the molecule is COc1ccc(NC(=O)N2CCN(c3nc(N)nc4csc(C5=NCCO5)c34)CC2)cc1. The molecule has 11 heteroatoms. The van der Waals surface area contributed by atoms with E-state index >= 15 is 0 Å². The van der Waals surface area contributed by atoms with Crippen LogP contribution in [0.3, 0.4) is 0 Å². The summed E-state index contributed by atoms with van der Waals surface area (Å²) < 4.78 is 10.8. The number of thiophene rings is 1. The third kappa shape index (κ3) is 3.86. The molecule has 0 unspecified atom stereocenters. The van der Waals surface area contributed by atoms with Gasteiger partial charge >= 0.3 is 6.03 Å². The number of rotatable bonds is 4. The molecule has 0 atom stereocenters. The zero-order valence-corrected chi connectivity index (χ0v) is 18.4. The maximum atomic E-state index is 12.7. The number of fused-ring (bicyclic) bond motifs is 1. The van der Waals surface area contributed by atoms with Crippen molar-refractivity contribution in [3.63, 3.8) is 0 Å². The Labute approximate surface area is 188 Å². The number of aliphatic imine (C=N–C) groups is 1. The number of piperazine rings is 1.